The molecule has 0 aliphatic rings. The minimum atomic E-state index is -0.0157. The zero-order valence-corrected chi connectivity index (χ0v) is 9.05. The number of rotatable bonds is 3. The summed E-state index contributed by atoms with van der Waals surface area (Å²) < 4.78 is 0. The Hall–Kier alpha value is -2.03. The van der Waals surface area contributed by atoms with E-state index in [0.717, 1.165) is 17.5 Å². The van der Waals surface area contributed by atoms with Gasteiger partial charge in [-0.1, -0.05) is 31.2 Å². The van der Waals surface area contributed by atoms with Gasteiger partial charge in [0.2, 0.25) is 0 Å². The van der Waals surface area contributed by atoms with Gasteiger partial charge >= 0.3 is 0 Å². The van der Waals surface area contributed by atoms with Crippen LogP contribution in [0.25, 0.3) is 0 Å². The van der Waals surface area contributed by atoms with Crippen LogP contribution in [-0.2, 0) is 6.42 Å². The number of ketones is 1. The van der Waals surface area contributed by atoms with Crippen molar-refractivity contribution in [1.82, 2.24) is 9.97 Å². The summed E-state index contributed by atoms with van der Waals surface area (Å²) in [6.45, 7) is 2.04. The minimum Gasteiger partial charge on any atom is -0.288 e. The number of aromatic nitrogens is 2. The van der Waals surface area contributed by atoms with Crippen LogP contribution in [0.5, 0.6) is 0 Å². The lowest BCUT2D eigenvalue weighted by Gasteiger charge is -2.05. The summed E-state index contributed by atoms with van der Waals surface area (Å²) in [6, 6.07) is 7.62. The van der Waals surface area contributed by atoms with Crippen molar-refractivity contribution in [2.24, 2.45) is 0 Å². The summed E-state index contributed by atoms with van der Waals surface area (Å²) in [7, 11) is 0. The van der Waals surface area contributed by atoms with Gasteiger partial charge in [0.25, 0.3) is 0 Å². The predicted octanol–water partition coefficient (Wildman–Crippen LogP) is 2.27. The van der Waals surface area contributed by atoms with Crippen molar-refractivity contribution in [3.8, 4) is 0 Å². The van der Waals surface area contributed by atoms with Crippen LogP contribution in [0.1, 0.15) is 28.4 Å². The van der Waals surface area contributed by atoms with Crippen molar-refractivity contribution in [2.75, 3.05) is 0 Å². The molecule has 1 aromatic heterocycles. The summed E-state index contributed by atoms with van der Waals surface area (Å²) in [5, 5.41) is 0. The maximum absolute atomic E-state index is 12.1. The molecule has 16 heavy (non-hydrogen) atoms. The Bertz CT molecular complexity index is 494. The summed E-state index contributed by atoms with van der Waals surface area (Å²) in [5.74, 6) is -0.0157. The molecule has 2 aromatic rings. The molecule has 0 amide bonds. The lowest BCUT2D eigenvalue weighted by molar-refractivity contribution is 0.103. The fourth-order valence-corrected chi connectivity index (χ4v) is 1.62. The van der Waals surface area contributed by atoms with E-state index in [1.165, 1.54) is 6.33 Å². The van der Waals surface area contributed by atoms with Crippen molar-refractivity contribution in [2.45, 2.75) is 13.3 Å². The highest BCUT2D eigenvalue weighted by molar-refractivity contribution is 6.09. The lowest BCUT2D eigenvalue weighted by Crippen LogP contribution is -2.05. The number of hydrogen-bond acceptors (Lipinski definition) is 3. The van der Waals surface area contributed by atoms with Crippen LogP contribution in [-0.4, -0.2) is 15.8 Å². The van der Waals surface area contributed by atoms with Crippen molar-refractivity contribution in [3.63, 3.8) is 0 Å². The summed E-state index contributed by atoms with van der Waals surface area (Å²) in [5.41, 5.74) is 2.32. The van der Waals surface area contributed by atoms with E-state index in [4.69, 9.17) is 0 Å². The topological polar surface area (TPSA) is 42.9 Å². The number of hydrogen-bond donors (Lipinski definition) is 0. The van der Waals surface area contributed by atoms with Crippen LogP contribution in [0, 0.1) is 0 Å². The van der Waals surface area contributed by atoms with Gasteiger partial charge in [-0.05, 0) is 12.0 Å². The highest BCUT2D eigenvalue weighted by Gasteiger charge is 2.12. The van der Waals surface area contributed by atoms with Crippen LogP contribution in [0.4, 0.5) is 0 Å². The SMILES string of the molecule is CCc1ccccc1C(=O)c1cncnc1. The zero-order valence-electron chi connectivity index (χ0n) is 9.05. The summed E-state index contributed by atoms with van der Waals surface area (Å²) >= 11 is 0. The highest BCUT2D eigenvalue weighted by Crippen LogP contribution is 2.13. The number of carbonyl (C=O) groups excluding carboxylic acids is 1. The van der Waals surface area contributed by atoms with Crippen LogP contribution < -0.4 is 0 Å². The largest absolute Gasteiger partial charge is 0.288 e. The van der Waals surface area contributed by atoms with E-state index in [1.807, 2.05) is 31.2 Å². The number of nitrogens with zero attached hydrogens (tertiary/aromatic N) is 2. The molecule has 1 aromatic carbocycles. The Morgan fingerprint density at radius 3 is 2.56 bits per heavy atom. The number of benzene rings is 1. The van der Waals surface area contributed by atoms with Crippen LogP contribution >= 0.6 is 0 Å². The lowest BCUT2D eigenvalue weighted by atomic mass is 9.99. The maximum Gasteiger partial charge on any atom is 0.196 e. The van der Waals surface area contributed by atoms with Gasteiger partial charge in [-0.25, -0.2) is 9.97 Å². The van der Waals surface area contributed by atoms with E-state index in [-0.39, 0.29) is 5.78 Å². The number of aryl methyl sites for hydroxylation is 1. The van der Waals surface area contributed by atoms with E-state index in [9.17, 15) is 4.79 Å². The molecule has 0 bridgehead atoms. The van der Waals surface area contributed by atoms with Gasteiger partial charge in [0.1, 0.15) is 6.33 Å². The average molecular weight is 212 g/mol. The first-order valence-electron chi connectivity index (χ1n) is 5.20. The Morgan fingerprint density at radius 2 is 1.88 bits per heavy atom. The van der Waals surface area contributed by atoms with Crippen molar-refractivity contribution < 1.29 is 4.79 Å². The second-order valence-corrected chi connectivity index (χ2v) is 3.47. The molecule has 0 saturated carbocycles. The first-order chi connectivity index (χ1) is 7.83. The molecule has 0 aliphatic carbocycles. The monoisotopic (exact) mass is 212 g/mol. The Labute approximate surface area is 94.2 Å². The van der Waals surface area contributed by atoms with Gasteiger partial charge in [0, 0.05) is 18.0 Å². The van der Waals surface area contributed by atoms with Gasteiger partial charge in [0.15, 0.2) is 5.78 Å². The molecule has 0 unspecified atom stereocenters. The molecule has 0 radical (unpaired) electrons. The van der Waals surface area contributed by atoms with Crippen molar-refractivity contribution in [3.05, 3.63) is 59.7 Å². The second kappa shape index (κ2) is 4.66. The molecule has 0 fully saturated rings. The Kier molecular flexibility index (Phi) is 3.05. The molecule has 0 N–H and O–H groups in total. The second-order valence-electron chi connectivity index (χ2n) is 3.47. The van der Waals surface area contributed by atoms with Gasteiger partial charge in [-0.15, -0.1) is 0 Å². The standard InChI is InChI=1S/C13H12N2O/c1-2-10-5-3-4-6-12(10)13(16)11-7-14-9-15-8-11/h3-9H,2H2,1H3. The fraction of sp³-hybridized carbons (Fsp3) is 0.154. The first-order valence-corrected chi connectivity index (χ1v) is 5.20. The quantitative estimate of drug-likeness (QED) is 0.733. The third kappa shape index (κ3) is 1.98. The molecule has 0 atom stereocenters. The van der Waals surface area contributed by atoms with Crippen LogP contribution in [0.2, 0.25) is 0 Å². The van der Waals surface area contributed by atoms with Crippen molar-refractivity contribution in [1.29, 1.82) is 0 Å². The maximum atomic E-state index is 12.1. The van der Waals surface area contributed by atoms with E-state index >= 15 is 0 Å². The smallest absolute Gasteiger partial charge is 0.196 e. The molecule has 3 heteroatoms. The summed E-state index contributed by atoms with van der Waals surface area (Å²) in [4.78, 5) is 19.9. The highest BCUT2D eigenvalue weighted by atomic mass is 16.1. The third-order valence-corrected chi connectivity index (χ3v) is 2.47. The molecule has 0 spiro atoms. The first kappa shape index (κ1) is 10.5. The third-order valence-electron chi connectivity index (χ3n) is 2.47. The number of carbonyl (C=O) groups is 1. The van der Waals surface area contributed by atoms with E-state index < -0.39 is 0 Å². The Morgan fingerprint density at radius 1 is 1.19 bits per heavy atom. The Balaban J connectivity index is 2.42. The fourth-order valence-electron chi connectivity index (χ4n) is 1.62. The molecule has 2 rings (SSSR count). The van der Waals surface area contributed by atoms with Gasteiger partial charge in [-0.3, -0.25) is 4.79 Å². The van der Waals surface area contributed by atoms with E-state index in [2.05, 4.69) is 9.97 Å². The van der Waals surface area contributed by atoms with Gasteiger partial charge < -0.3 is 0 Å². The summed E-state index contributed by atoms with van der Waals surface area (Å²) in [6.07, 6.45) is 5.35. The molecule has 1 heterocycles. The molecular weight excluding hydrogens is 200 g/mol. The van der Waals surface area contributed by atoms with Gasteiger partial charge in [-0.2, -0.15) is 0 Å². The molecule has 80 valence electrons. The van der Waals surface area contributed by atoms with E-state index in [1.54, 1.807) is 12.4 Å². The average Bonchev–Trinajstić information content (AvgIpc) is 2.39. The zero-order chi connectivity index (χ0) is 11.4. The molecule has 0 aliphatic heterocycles. The van der Waals surface area contributed by atoms with Crippen LogP contribution in [0.3, 0.4) is 0 Å². The van der Waals surface area contributed by atoms with Crippen LogP contribution in [0.15, 0.2) is 43.0 Å². The van der Waals surface area contributed by atoms with E-state index in [0.29, 0.717) is 5.56 Å². The predicted molar refractivity (Wildman–Crippen MR) is 61.3 cm³/mol. The van der Waals surface area contributed by atoms with Gasteiger partial charge in [0.05, 0.1) is 5.56 Å². The molecule has 3 nitrogen and oxygen atoms in total. The normalized spacial score (nSPS) is 10.1. The molecule has 0 saturated heterocycles. The van der Waals surface area contributed by atoms with Crippen molar-refractivity contribution >= 4 is 5.78 Å². The molecular formula is C13H12N2O. The minimum absolute atomic E-state index is 0.0157.